The Labute approximate surface area is 374 Å². The Hall–Kier alpha value is -6.38. The van der Waals surface area contributed by atoms with E-state index in [2.05, 4.69) is 185 Å². The Balaban J connectivity index is 1.22. The van der Waals surface area contributed by atoms with Crippen LogP contribution in [0.3, 0.4) is 0 Å². The van der Waals surface area contributed by atoms with Crippen LogP contribution >= 0.6 is 0 Å². The van der Waals surface area contributed by atoms with Crippen molar-refractivity contribution in [2.24, 2.45) is 0 Å². The van der Waals surface area contributed by atoms with Crippen LogP contribution in [0.5, 0.6) is 0 Å². The van der Waals surface area contributed by atoms with Crippen molar-refractivity contribution in [1.29, 1.82) is 0 Å². The Morgan fingerprint density at radius 2 is 0.984 bits per heavy atom. The fraction of sp³-hybridized carbons (Fsp3) is 0.246. The van der Waals surface area contributed by atoms with Crippen molar-refractivity contribution in [1.82, 2.24) is 9.97 Å². The minimum Gasteiger partial charge on any atom is -0.227 e. The van der Waals surface area contributed by atoms with Gasteiger partial charge in [0.1, 0.15) is 0 Å². The molecule has 0 spiro atoms. The second kappa shape index (κ2) is 17.4. The first-order valence-corrected chi connectivity index (χ1v) is 23.6. The molecule has 0 aliphatic heterocycles. The van der Waals surface area contributed by atoms with E-state index in [1.54, 1.807) is 0 Å². The van der Waals surface area contributed by atoms with E-state index in [1.165, 1.54) is 130 Å². The summed E-state index contributed by atoms with van der Waals surface area (Å²) >= 11 is 0. The van der Waals surface area contributed by atoms with Gasteiger partial charge >= 0.3 is 0 Å². The van der Waals surface area contributed by atoms with Gasteiger partial charge in [-0.25, -0.2) is 9.97 Å². The van der Waals surface area contributed by atoms with Gasteiger partial charge in [-0.3, -0.25) is 0 Å². The standard InChI is InChI=1S/C61H58N2/c1-5-7-9-17-34-61(35-18-10-8-6-2)55-27-16-15-26-51(55)53-38-49(32-33-56(53)61)60-62-58-52(48-31-29-44-23-12-14-25-46(44)37-48)39-50(47-30-28-43-22-11-13-24-45(43)36-47)40-54(58)59(63-60)57-41(3)20-19-21-42(57)4/h11-16,19-33,36-40H,5-10,17-18,34-35H2,1-4H3. The van der Waals surface area contributed by atoms with E-state index in [0.29, 0.717) is 0 Å². The van der Waals surface area contributed by atoms with Crippen molar-refractivity contribution in [3.05, 3.63) is 180 Å². The monoisotopic (exact) mass is 818 g/mol. The molecule has 2 heteroatoms. The van der Waals surface area contributed by atoms with Crippen molar-refractivity contribution >= 4 is 32.4 Å². The Morgan fingerprint density at radius 3 is 1.67 bits per heavy atom. The van der Waals surface area contributed by atoms with Gasteiger partial charge in [0.05, 0.1) is 11.2 Å². The van der Waals surface area contributed by atoms with Gasteiger partial charge in [0, 0.05) is 27.5 Å². The molecule has 8 aromatic carbocycles. The number of aromatic nitrogens is 2. The molecule has 0 unspecified atom stereocenters. The highest BCUT2D eigenvalue weighted by molar-refractivity contribution is 6.06. The molecule has 0 amide bonds. The lowest BCUT2D eigenvalue weighted by molar-refractivity contribution is 0.401. The molecule has 9 aromatic rings. The van der Waals surface area contributed by atoms with E-state index in [4.69, 9.17) is 9.97 Å². The maximum atomic E-state index is 5.68. The first-order chi connectivity index (χ1) is 31.0. The van der Waals surface area contributed by atoms with Crippen LogP contribution in [0.15, 0.2) is 158 Å². The SMILES string of the molecule is CCCCCCC1(CCCCCC)c2ccccc2-c2cc(-c3nc(-c4c(C)cccc4C)c4cc(-c5ccc6ccccc6c5)cc(-c5ccc6ccccc6c5)c4n3)ccc21. The number of hydrogen-bond acceptors (Lipinski definition) is 2. The second-order valence-corrected chi connectivity index (χ2v) is 18.2. The maximum Gasteiger partial charge on any atom is 0.160 e. The molecule has 0 fully saturated rings. The quantitative estimate of drug-likeness (QED) is 0.102. The van der Waals surface area contributed by atoms with Crippen LogP contribution in [-0.2, 0) is 5.41 Å². The third kappa shape index (κ3) is 7.54. The predicted octanol–water partition coefficient (Wildman–Crippen LogP) is 17.4. The highest BCUT2D eigenvalue weighted by Gasteiger charge is 2.42. The van der Waals surface area contributed by atoms with Crippen LogP contribution < -0.4 is 0 Å². The lowest BCUT2D eigenvalue weighted by atomic mass is 9.70. The number of hydrogen-bond donors (Lipinski definition) is 0. The van der Waals surface area contributed by atoms with Gasteiger partial charge in [-0.15, -0.1) is 0 Å². The van der Waals surface area contributed by atoms with Crippen LogP contribution in [0.4, 0.5) is 0 Å². The molecule has 63 heavy (non-hydrogen) atoms. The van der Waals surface area contributed by atoms with Crippen molar-refractivity contribution in [2.45, 2.75) is 97.3 Å². The molecule has 10 rings (SSSR count). The third-order valence-corrected chi connectivity index (χ3v) is 14.1. The molecular weight excluding hydrogens is 761 g/mol. The van der Waals surface area contributed by atoms with Crippen molar-refractivity contribution in [2.75, 3.05) is 0 Å². The largest absolute Gasteiger partial charge is 0.227 e. The van der Waals surface area contributed by atoms with E-state index >= 15 is 0 Å². The molecule has 0 N–H and O–H groups in total. The number of nitrogens with zero attached hydrogens (tertiary/aromatic N) is 2. The lowest BCUT2D eigenvalue weighted by Gasteiger charge is -2.33. The van der Waals surface area contributed by atoms with Crippen molar-refractivity contribution in [3.8, 4) is 56.0 Å². The number of rotatable bonds is 14. The third-order valence-electron chi connectivity index (χ3n) is 14.1. The van der Waals surface area contributed by atoms with Crippen molar-refractivity contribution < 1.29 is 0 Å². The Kier molecular flexibility index (Phi) is 11.2. The van der Waals surface area contributed by atoms with Gasteiger partial charge in [-0.2, -0.15) is 0 Å². The molecule has 0 radical (unpaired) electrons. The summed E-state index contributed by atoms with van der Waals surface area (Å²) in [5, 5.41) is 5.98. The minimum atomic E-state index is 0.0298. The van der Waals surface area contributed by atoms with Crippen LogP contribution in [-0.4, -0.2) is 9.97 Å². The summed E-state index contributed by atoms with van der Waals surface area (Å²) < 4.78 is 0. The molecule has 1 aliphatic rings. The van der Waals surface area contributed by atoms with Gasteiger partial charge in [-0.05, 0) is 129 Å². The predicted molar refractivity (Wildman–Crippen MR) is 270 cm³/mol. The number of aryl methyl sites for hydroxylation is 2. The summed E-state index contributed by atoms with van der Waals surface area (Å²) in [5.74, 6) is 0.768. The topological polar surface area (TPSA) is 25.8 Å². The first-order valence-electron chi connectivity index (χ1n) is 23.6. The molecule has 2 nitrogen and oxygen atoms in total. The number of fused-ring (bicyclic) bond motifs is 6. The summed E-state index contributed by atoms with van der Waals surface area (Å²) in [6, 6.07) is 58.8. The van der Waals surface area contributed by atoms with Gasteiger partial charge < -0.3 is 0 Å². The molecule has 1 aliphatic carbocycles. The summed E-state index contributed by atoms with van der Waals surface area (Å²) in [7, 11) is 0. The normalized spacial score (nSPS) is 12.9. The average Bonchev–Trinajstić information content (AvgIpc) is 3.59. The molecule has 1 heterocycles. The maximum absolute atomic E-state index is 5.68. The summed E-state index contributed by atoms with van der Waals surface area (Å²) in [4.78, 5) is 11.4. The highest BCUT2D eigenvalue weighted by atomic mass is 14.9. The van der Waals surface area contributed by atoms with Gasteiger partial charge in [-0.1, -0.05) is 193 Å². The van der Waals surface area contributed by atoms with Crippen LogP contribution in [0.2, 0.25) is 0 Å². The molecular formula is C61H58N2. The van der Waals surface area contributed by atoms with E-state index < -0.39 is 0 Å². The Bertz CT molecular complexity index is 3100. The summed E-state index contributed by atoms with van der Waals surface area (Å²) in [5.41, 5.74) is 17.0. The van der Waals surface area contributed by atoms with Gasteiger partial charge in [0.15, 0.2) is 5.82 Å². The van der Waals surface area contributed by atoms with E-state index in [9.17, 15) is 0 Å². The van der Waals surface area contributed by atoms with E-state index in [1.807, 2.05) is 0 Å². The fourth-order valence-electron chi connectivity index (χ4n) is 10.8. The minimum absolute atomic E-state index is 0.0298. The molecule has 0 atom stereocenters. The van der Waals surface area contributed by atoms with Crippen molar-refractivity contribution in [3.63, 3.8) is 0 Å². The fourth-order valence-corrected chi connectivity index (χ4v) is 10.8. The van der Waals surface area contributed by atoms with E-state index in [0.717, 1.165) is 44.7 Å². The zero-order chi connectivity index (χ0) is 42.9. The average molecular weight is 819 g/mol. The summed E-state index contributed by atoms with van der Waals surface area (Å²) in [6.07, 6.45) is 12.6. The summed E-state index contributed by atoms with van der Waals surface area (Å²) in [6.45, 7) is 9.08. The smallest absolute Gasteiger partial charge is 0.160 e. The van der Waals surface area contributed by atoms with Crippen LogP contribution in [0.25, 0.3) is 88.5 Å². The number of unbranched alkanes of at least 4 members (excludes halogenated alkanes) is 6. The molecule has 0 saturated heterocycles. The molecule has 312 valence electrons. The van der Waals surface area contributed by atoms with Crippen LogP contribution in [0, 0.1) is 13.8 Å². The zero-order valence-electron chi connectivity index (χ0n) is 37.5. The lowest BCUT2D eigenvalue weighted by Crippen LogP contribution is -2.25. The first kappa shape index (κ1) is 40.7. The zero-order valence-corrected chi connectivity index (χ0v) is 37.5. The van der Waals surface area contributed by atoms with Gasteiger partial charge in [0.25, 0.3) is 0 Å². The highest BCUT2D eigenvalue weighted by Crippen LogP contribution is 2.55. The number of benzene rings is 8. The van der Waals surface area contributed by atoms with Gasteiger partial charge in [0.2, 0.25) is 0 Å². The molecule has 0 bridgehead atoms. The molecule has 0 saturated carbocycles. The van der Waals surface area contributed by atoms with Crippen LogP contribution in [0.1, 0.15) is 100 Å². The Morgan fingerprint density at radius 1 is 0.413 bits per heavy atom. The second-order valence-electron chi connectivity index (χ2n) is 18.2. The van der Waals surface area contributed by atoms with E-state index in [-0.39, 0.29) is 5.41 Å². The molecule has 1 aromatic heterocycles.